The third-order valence-corrected chi connectivity index (χ3v) is 3.05. The van der Waals surface area contributed by atoms with Crippen molar-refractivity contribution < 1.29 is 18.8 Å². The minimum Gasteiger partial charge on any atom is -0.444 e. The molecule has 0 bridgehead atoms. The molecule has 0 aliphatic carbocycles. The van der Waals surface area contributed by atoms with E-state index in [0.717, 1.165) is 18.3 Å². The summed E-state index contributed by atoms with van der Waals surface area (Å²) >= 11 is 4.45. The van der Waals surface area contributed by atoms with Crippen LogP contribution in [-0.4, -0.2) is 31.7 Å². The van der Waals surface area contributed by atoms with Gasteiger partial charge in [-0.3, -0.25) is 15.4 Å². The molecule has 2 rings (SSSR count). The molecule has 0 radical (unpaired) electrons. The molecule has 1 heterocycles. The van der Waals surface area contributed by atoms with Gasteiger partial charge in [-0.05, 0) is 51.2 Å². The highest BCUT2D eigenvalue weighted by molar-refractivity contribution is 7.78. The van der Waals surface area contributed by atoms with Gasteiger partial charge in [0.1, 0.15) is 17.6 Å². The summed E-state index contributed by atoms with van der Waals surface area (Å²) in [5.41, 5.74) is -0.934. The van der Waals surface area contributed by atoms with Crippen LogP contribution < -0.4 is 10.6 Å². The number of anilines is 3. The van der Waals surface area contributed by atoms with Crippen molar-refractivity contribution in [3.8, 4) is 0 Å². The molecule has 0 spiro atoms. The zero-order valence-electron chi connectivity index (χ0n) is 15.0. The van der Waals surface area contributed by atoms with Gasteiger partial charge in [0.15, 0.2) is 0 Å². The molecule has 0 saturated carbocycles. The topological polar surface area (TPSA) is 132 Å². The molecule has 0 fully saturated rings. The van der Waals surface area contributed by atoms with Crippen molar-refractivity contribution in [3.05, 3.63) is 40.3 Å². The molecule has 10 nitrogen and oxygen atoms in total. The number of carbonyl (C=O) groups is 1. The smallest absolute Gasteiger partial charge is 0.412 e. The Morgan fingerprint density at radius 3 is 2.71 bits per heavy atom. The van der Waals surface area contributed by atoms with Crippen molar-refractivity contribution >= 4 is 52.3 Å². The van der Waals surface area contributed by atoms with E-state index in [1.807, 2.05) is 5.16 Å². The van der Waals surface area contributed by atoms with Crippen LogP contribution >= 0.6 is 12.2 Å². The van der Waals surface area contributed by atoms with Crippen LogP contribution in [0.4, 0.5) is 38.0 Å². The van der Waals surface area contributed by atoms with Crippen molar-refractivity contribution in [2.75, 3.05) is 10.6 Å². The van der Waals surface area contributed by atoms with Crippen molar-refractivity contribution in [2.45, 2.75) is 26.4 Å². The first-order valence-electron chi connectivity index (χ1n) is 7.75. The first-order valence-corrected chi connectivity index (χ1v) is 8.16. The van der Waals surface area contributed by atoms with E-state index in [2.05, 4.69) is 37.8 Å². The van der Waals surface area contributed by atoms with E-state index in [0.29, 0.717) is 0 Å². The zero-order valence-corrected chi connectivity index (χ0v) is 15.8. The highest BCUT2D eigenvalue weighted by atomic mass is 32.1. The van der Waals surface area contributed by atoms with Crippen LogP contribution in [0.1, 0.15) is 20.8 Å². The van der Waals surface area contributed by atoms with E-state index in [1.54, 1.807) is 20.8 Å². The molecule has 12 heteroatoms. The molecule has 0 aliphatic heterocycles. The molecule has 1 aromatic carbocycles. The number of halogens is 1. The Bertz CT molecular complexity index is 972. The Morgan fingerprint density at radius 1 is 1.39 bits per heavy atom. The number of hydrogen-bond donors (Lipinski definition) is 2. The molecule has 0 aliphatic rings. The normalized spacial score (nSPS) is 10.6. The average molecular weight is 406 g/mol. The Labute approximate surface area is 164 Å². The number of thiocarbonyl (C=S) groups is 1. The number of nitro groups is 1. The maximum absolute atomic E-state index is 13.7. The van der Waals surface area contributed by atoms with E-state index >= 15 is 0 Å². The summed E-state index contributed by atoms with van der Waals surface area (Å²) < 4.78 is 18.8. The second-order valence-corrected chi connectivity index (χ2v) is 6.49. The van der Waals surface area contributed by atoms with Crippen LogP contribution in [0.3, 0.4) is 0 Å². The number of hydrogen-bond acceptors (Lipinski definition) is 9. The quantitative estimate of drug-likeness (QED) is 0.324. The van der Waals surface area contributed by atoms with Gasteiger partial charge in [0.25, 0.3) is 0 Å². The van der Waals surface area contributed by atoms with Gasteiger partial charge in [0.2, 0.25) is 11.8 Å². The van der Waals surface area contributed by atoms with Gasteiger partial charge in [-0.15, -0.1) is 0 Å². The minimum absolute atomic E-state index is 0.0944. The van der Waals surface area contributed by atoms with E-state index in [4.69, 9.17) is 4.74 Å². The lowest BCUT2D eigenvalue weighted by Gasteiger charge is -2.20. The lowest BCUT2D eigenvalue weighted by atomic mass is 10.2. The number of aromatic nitrogens is 2. The largest absolute Gasteiger partial charge is 0.444 e. The van der Waals surface area contributed by atoms with Gasteiger partial charge >= 0.3 is 11.8 Å². The van der Waals surface area contributed by atoms with Gasteiger partial charge in [-0.2, -0.15) is 9.98 Å². The summed E-state index contributed by atoms with van der Waals surface area (Å²) in [6, 6.07) is 3.53. The standard InChI is InChI=1S/C16H15FN6O4S/c1-16(2,3)27-15(24)21-10-5-4-9(17)6-11(10)20-14-18-7-12(23(25)26)13(22-14)19-8-28/h4-7H,1-3H3,(H,21,24)(H,18,20,22). The monoisotopic (exact) mass is 406 g/mol. The van der Waals surface area contributed by atoms with Crippen LogP contribution in [0.15, 0.2) is 29.4 Å². The van der Waals surface area contributed by atoms with Gasteiger partial charge in [-0.25, -0.2) is 14.2 Å². The van der Waals surface area contributed by atoms with Gasteiger partial charge in [-0.1, -0.05) is 0 Å². The molecule has 2 N–H and O–H groups in total. The van der Waals surface area contributed by atoms with Gasteiger partial charge < -0.3 is 10.1 Å². The molecular formula is C16H15FN6O4S. The van der Waals surface area contributed by atoms with E-state index in [1.165, 1.54) is 6.07 Å². The maximum Gasteiger partial charge on any atom is 0.412 e. The predicted octanol–water partition coefficient (Wildman–Crippen LogP) is 4.35. The fourth-order valence-corrected chi connectivity index (χ4v) is 2.03. The summed E-state index contributed by atoms with van der Waals surface area (Å²) in [6.45, 7) is 5.08. The fraction of sp³-hybridized carbons (Fsp3) is 0.250. The molecule has 2 aromatic rings. The minimum atomic E-state index is -0.752. The average Bonchev–Trinajstić information content (AvgIpc) is 2.56. The number of carbonyl (C=O) groups excluding carboxylic acids is 1. The second-order valence-electron chi connectivity index (χ2n) is 6.30. The number of benzene rings is 1. The lowest BCUT2D eigenvalue weighted by Crippen LogP contribution is -2.27. The SMILES string of the molecule is CC(C)(C)OC(=O)Nc1ccc(F)cc1Nc1ncc([N+](=O)[O-])c(N=C=S)n1. The third-order valence-electron chi connectivity index (χ3n) is 2.96. The van der Waals surface area contributed by atoms with Crippen LogP contribution in [0.2, 0.25) is 0 Å². The highest BCUT2D eigenvalue weighted by Gasteiger charge is 2.19. The van der Waals surface area contributed by atoms with Crippen molar-refractivity contribution in [2.24, 2.45) is 4.99 Å². The number of nitrogens with zero attached hydrogens (tertiary/aromatic N) is 4. The Hall–Kier alpha value is -3.50. The Morgan fingerprint density at radius 2 is 2.11 bits per heavy atom. The number of amides is 1. The van der Waals surface area contributed by atoms with Gasteiger partial charge in [0.05, 0.1) is 21.5 Å². The molecule has 0 unspecified atom stereocenters. The van der Waals surface area contributed by atoms with Crippen molar-refractivity contribution in [3.63, 3.8) is 0 Å². The molecule has 1 aromatic heterocycles. The molecule has 28 heavy (non-hydrogen) atoms. The highest BCUT2D eigenvalue weighted by Crippen LogP contribution is 2.29. The predicted molar refractivity (Wildman–Crippen MR) is 103 cm³/mol. The van der Waals surface area contributed by atoms with E-state index < -0.39 is 28.1 Å². The first kappa shape index (κ1) is 20.8. The maximum atomic E-state index is 13.7. The summed E-state index contributed by atoms with van der Waals surface area (Å²) in [5.74, 6) is -1.06. The number of isothiocyanates is 1. The lowest BCUT2D eigenvalue weighted by molar-refractivity contribution is -0.384. The number of aliphatic imine (C=N–C) groups is 1. The summed E-state index contributed by atoms with van der Waals surface area (Å²) in [5, 5.41) is 18.1. The molecule has 0 saturated heterocycles. The van der Waals surface area contributed by atoms with Crippen LogP contribution in [0.5, 0.6) is 0 Å². The molecule has 0 atom stereocenters. The summed E-state index contributed by atoms with van der Waals surface area (Å²) in [6.07, 6.45) is 0.166. The number of ether oxygens (including phenoxy) is 1. The third kappa shape index (κ3) is 5.76. The van der Waals surface area contributed by atoms with Crippen molar-refractivity contribution in [1.82, 2.24) is 9.97 Å². The summed E-state index contributed by atoms with van der Waals surface area (Å²) in [4.78, 5) is 33.4. The molecular weight excluding hydrogens is 391 g/mol. The number of nitrogens with one attached hydrogen (secondary N) is 2. The van der Waals surface area contributed by atoms with Gasteiger partial charge in [0, 0.05) is 0 Å². The van der Waals surface area contributed by atoms with E-state index in [-0.39, 0.29) is 23.1 Å². The molecule has 1 amide bonds. The van der Waals surface area contributed by atoms with E-state index in [9.17, 15) is 19.3 Å². The first-order chi connectivity index (χ1) is 13.1. The van der Waals surface area contributed by atoms with Crippen LogP contribution in [0, 0.1) is 15.9 Å². The Balaban J connectivity index is 2.34. The van der Waals surface area contributed by atoms with Crippen LogP contribution in [0.25, 0.3) is 0 Å². The van der Waals surface area contributed by atoms with Crippen molar-refractivity contribution in [1.29, 1.82) is 0 Å². The Kier molecular flexibility index (Phi) is 6.29. The fourth-order valence-electron chi connectivity index (χ4n) is 1.94. The summed E-state index contributed by atoms with van der Waals surface area (Å²) in [7, 11) is 0. The second kappa shape index (κ2) is 8.46. The van der Waals surface area contributed by atoms with Crippen LogP contribution in [-0.2, 0) is 4.74 Å². The zero-order chi connectivity index (χ0) is 20.9. The number of rotatable bonds is 5. The molecule has 146 valence electrons.